The molecule has 2 aromatic carbocycles. The lowest BCUT2D eigenvalue weighted by Gasteiger charge is -2.23. The van der Waals surface area contributed by atoms with Gasteiger partial charge in [0, 0.05) is 18.6 Å². The second kappa shape index (κ2) is 9.63. The van der Waals surface area contributed by atoms with E-state index in [0.717, 1.165) is 16.7 Å². The first-order chi connectivity index (χ1) is 14.9. The first kappa shape index (κ1) is 21.7. The maximum absolute atomic E-state index is 12.3. The second-order valence-electron chi connectivity index (χ2n) is 7.33. The van der Waals surface area contributed by atoms with Crippen molar-refractivity contribution in [3.8, 4) is 6.07 Å². The number of nitrogens with zero attached hydrogens (tertiary/aromatic N) is 2. The molecule has 3 rings (SSSR count). The predicted molar refractivity (Wildman–Crippen MR) is 118 cm³/mol. The van der Waals surface area contributed by atoms with E-state index < -0.39 is 12.1 Å². The lowest BCUT2D eigenvalue weighted by Crippen LogP contribution is -2.40. The van der Waals surface area contributed by atoms with Crippen LogP contribution in [0.15, 0.2) is 59.6 Å². The molecular weight excluding hydrogens is 392 g/mol. The van der Waals surface area contributed by atoms with Crippen molar-refractivity contribution in [3.05, 3.63) is 76.9 Å². The summed E-state index contributed by atoms with van der Waals surface area (Å²) in [7, 11) is 0. The van der Waals surface area contributed by atoms with Crippen molar-refractivity contribution in [1.82, 2.24) is 5.32 Å². The number of amides is 1. The molecule has 31 heavy (non-hydrogen) atoms. The van der Waals surface area contributed by atoms with Crippen molar-refractivity contribution in [2.75, 3.05) is 0 Å². The fraction of sp³-hybridized carbons (Fsp3) is 0.208. The smallest absolute Gasteiger partial charge is 0.335 e. The molecule has 1 heterocycles. The van der Waals surface area contributed by atoms with Crippen LogP contribution in [-0.2, 0) is 4.79 Å². The molecule has 2 aromatic rings. The van der Waals surface area contributed by atoms with E-state index in [-0.39, 0.29) is 17.9 Å². The molecule has 0 aliphatic carbocycles. The molecule has 1 aliphatic heterocycles. The Hall–Kier alpha value is -4.05. The van der Waals surface area contributed by atoms with Crippen LogP contribution in [-0.4, -0.2) is 34.6 Å². The minimum absolute atomic E-state index is 0.136. The van der Waals surface area contributed by atoms with E-state index in [2.05, 4.69) is 11.4 Å². The lowest BCUT2D eigenvalue weighted by atomic mass is 9.97. The van der Waals surface area contributed by atoms with Crippen LogP contribution in [0.5, 0.6) is 0 Å². The van der Waals surface area contributed by atoms with E-state index in [1.807, 2.05) is 6.08 Å². The number of carboxylic acid groups (broad SMARTS) is 1. The topological polar surface area (TPSA) is 126 Å². The number of aliphatic imine (C=N–C) groups is 1. The van der Waals surface area contributed by atoms with Crippen LogP contribution in [0.2, 0.25) is 0 Å². The summed E-state index contributed by atoms with van der Waals surface area (Å²) in [4.78, 5) is 28.2. The zero-order valence-corrected chi connectivity index (χ0v) is 17.1. The summed E-state index contributed by atoms with van der Waals surface area (Å²) in [6, 6.07) is 15.6. The van der Waals surface area contributed by atoms with Crippen LogP contribution in [0.1, 0.15) is 53.2 Å². The van der Waals surface area contributed by atoms with Crippen molar-refractivity contribution in [2.24, 2.45) is 4.99 Å². The van der Waals surface area contributed by atoms with E-state index >= 15 is 0 Å². The maximum atomic E-state index is 12.3. The minimum Gasteiger partial charge on any atom is -0.478 e. The predicted octanol–water partition coefficient (Wildman–Crippen LogP) is 3.80. The van der Waals surface area contributed by atoms with Crippen molar-refractivity contribution in [2.45, 2.75) is 32.4 Å². The molecule has 1 amide bonds. The number of carboxylic acids is 1. The highest BCUT2D eigenvalue weighted by molar-refractivity contribution is 6.12. The first-order valence-electron chi connectivity index (χ1n) is 9.79. The minimum atomic E-state index is -0.997. The molecule has 1 aliphatic rings. The van der Waals surface area contributed by atoms with Gasteiger partial charge in [0.1, 0.15) is 6.17 Å². The monoisotopic (exact) mass is 414 g/mol. The number of hydrogen-bond donors (Lipinski definition) is 3. The van der Waals surface area contributed by atoms with E-state index in [0.29, 0.717) is 29.8 Å². The van der Waals surface area contributed by atoms with Gasteiger partial charge >= 0.3 is 5.97 Å². The van der Waals surface area contributed by atoms with Crippen LogP contribution in [0.25, 0.3) is 5.57 Å². The summed E-state index contributed by atoms with van der Waals surface area (Å²) in [6.07, 6.45) is 2.45. The molecule has 0 radical (unpaired) electrons. The zero-order chi connectivity index (χ0) is 22.4. The van der Waals surface area contributed by atoms with Crippen molar-refractivity contribution in [1.29, 1.82) is 10.7 Å². The summed E-state index contributed by atoms with van der Waals surface area (Å²) >= 11 is 0. The molecule has 1 unspecified atom stereocenters. The number of rotatable bonds is 7. The lowest BCUT2D eigenvalue weighted by molar-refractivity contribution is -0.120. The number of carbonyl (C=O) groups excluding carboxylic acids is 1. The SMILES string of the molecule is CC(=N)C/C=C(\CC1N=C(c2ccc(C#N)cc2)CC(=O)N1)c1ccc(C(=O)O)cc1. The molecule has 156 valence electrons. The second-order valence-corrected chi connectivity index (χ2v) is 7.33. The van der Waals surface area contributed by atoms with Gasteiger partial charge in [-0.1, -0.05) is 30.3 Å². The zero-order valence-electron chi connectivity index (χ0n) is 17.1. The molecule has 7 heteroatoms. The fourth-order valence-corrected chi connectivity index (χ4v) is 3.30. The standard InChI is InChI=1S/C24H22N4O3/c1-15(26)2-5-20(17-8-10-19(11-9-17)24(30)31)12-22-27-21(13-23(29)28-22)18-6-3-16(14-25)4-7-18/h3-11,22,26H,2,12-13H2,1H3,(H,28,29)(H,30,31)/b20-5+,26-15?. The molecule has 1 atom stereocenters. The fourth-order valence-electron chi connectivity index (χ4n) is 3.30. The largest absolute Gasteiger partial charge is 0.478 e. The van der Waals surface area contributed by atoms with Crippen LogP contribution in [0.3, 0.4) is 0 Å². The normalized spacial score (nSPS) is 16.1. The highest BCUT2D eigenvalue weighted by Crippen LogP contribution is 2.24. The highest BCUT2D eigenvalue weighted by Gasteiger charge is 2.22. The Balaban J connectivity index is 1.88. The van der Waals surface area contributed by atoms with Gasteiger partial charge in [0.05, 0.1) is 29.3 Å². The molecule has 0 bridgehead atoms. The summed E-state index contributed by atoms with van der Waals surface area (Å²) in [6.45, 7) is 1.71. The number of nitrogens with one attached hydrogen (secondary N) is 2. The third-order valence-corrected chi connectivity index (χ3v) is 4.89. The van der Waals surface area contributed by atoms with Gasteiger partial charge in [0.15, 0.2) is 0 Å². The van der Waals surface area contributed by atoms with Crippen LogP contribution in [0, 0.1) is 16.7 Å². The maximum Gasteiger partial charge on any atom is 0.335 e. The number of allylic oxidation sites excluding steroid dienone is 1. The van der Waals surface area contributed by atoms with Gasteiger partial charge in [-0.15, -0.1) is 0 Å². The summed E-state index contributed by atoms with van der Waals surface area (Å²) in [5.74, 6) is -1.13. The van der Waals surface area contributed by atoms with E-state index in [1.165, 1.54) is 12.1 Å². The molecule has 3 N–H and O–H groups in total. The highest BCUT2D eigenvalue weighted by atomic mass is 16.4. The van der Waals surface area contributed by atoms with Gasteiger partial charge in [-0.3, -0.25) is 9.79 Å². The van der Waals surface area contributed by atoms with Crippen LogP contribution >= 0.6 is 0 Å². The van der Waals surface area contributed by atoms with E-state index in [1.54, 1.807) is 43.3 Å². The van der Waals surface area contributed by atoms with Gasteiger partial charge in [0.2, 0.25) is 5.91 Å². The molecule has 0 saturated heterocycles. The Morgan fingerprint density at radius 2 is 1.87 bits per heavy atom. The molecular formula is C24H22N4O3. The van der Waals surface area contributed by atoms with Gasteiger partial charge in [-0.25, -0.2) is 4.79 Å². The molecule has 7 nitrogen and oxygen atoms in total. The average Bonchev–Trinajstić information content (AvgIpc) is 2.76. The quantitative estimate of drug-likeness (QED) is 0.596. The van der Waals surface area contributed by atoms with Crippen LogP contribution < -0.4 is 5.32 Å². The Morgan fingerprint density at radius 3 is 2.45 bits per heavy atom. The van der Waals surface area contributed by atoms with Crippen LogP contribution in [0.4, 0.5) is 0 Å². The number of hydrogen-bond acceptors (Lipinski definition) is 5. The van der Waals surface area contributed by atoms with Gasteiger partial charge in [0.25, 0.3) is 0 Å². The van der Waals surface area contributed by atoms with Gasteiger partial charge in [-0.05, 0) is 47.9 Å². The molecule has 0 aromatic heterocycles. The third kappa shape index (κ3) is 5.73. The number of nitriles is 1. The Labute approximate surface area is 180 Å². The first-order valence-corrected chi connectivity index (χ1v) is 9.79. The Bertz CT molecular complexity index is 1110. The summed E-state index contributed by atoms with van der Waals surface area (Å²) in [5, 5.41) is 28.7. The van der Waals surface area contributed by atoms with Crippen molar-refractivity contribution in [3.63, 3.8) is 0 Å². The molecule has 0 fully saturated rings. The number of aromatic carboxylic acids is 1. The van der Waals surface area contributed by atoms with E-state index in [9.17, 15) is 9.59 Å². The van der Waals surface area contributed by atoms with Crippen molar-refractivity contribution < 1.29 is 14.7 Å². The third-order valence-electron chi connectivity index (χ3n) is 4.89. The van der Waals surface area contributed by atoms with E-state index in [4.69, 9.17) is 20.8 Å². The van der Waals surface area contributed by atoms with Crippen molar-refractivity contribution >= 4 is 28.9 Å². The Morgan fingerprint density at radius 1 is 1.23 bits per heavy atom. The number of carbonyl (C=O) groups is 2. The molecule has 0 spiro atoms. The summed E-state index contributed by atoms with van der Waals surface area (Å²) in [5.41, 5.74) is 4.37. The summed E-state index contributed by atoms with van der Waals surface area (Å²) < 4.78 is 0. The van der Waals surface area contributed by atoms with Gasteiger partial charge in [-0.2, -0.15) is 5.26 Å². The molecule has 0 saturated carbocycles. The Kier molecular flexibility index (Phi) is 6.73. The van der Waals surface area contributed by atoms with Gasteiger partial charge < -0.3 is 15.8 Å². The number of benzene rings is 2. The average molecular weight is 414 g/mol.